The molecule has 1 atom stereocenters. The lowest BCUT2D eigenvalue weighted by atomic mass is 10.0. The van der Waals surface area contributed by atoms with Gasteiger partial charge in [-0.15, -0.1) is 0 Å². The Kier molecular flexibility index (Phi) is 4.35. The molecule has 1 aromatic carbocycles. The predicted molar refractivity (Wildman–Crippen MR) is 62.9 cm³/mol. The Morgan fingerprint density at radius 3 is 2.50 bits per heavy atom. The van der Waals surface area contributed by atoms with E-state index in [0.29, 0.717) is 5.92 Å². The molecular weight excluding hydrogens is 204 g/mol. The van der Waals surface area contributed by atoms with Crippen molar-refractivity contribution in [2.75, 3.05) is 0 Å². The summed E-state index contributed by atoms with van der Waals surface area (Å²) >= 11 is 0. The maximum atomic E-state index is 10.5. The lowest BCUT2D eigenvalue weighted by Gasteiger charge is -2.17. The van der Waals surface area contributed by atoms with Crippen LogP contribution in [0.5, 0.6) is 5.75 Å². The fourth-order valence-electron chi connectivity index (χ4n) is 1.57. The van der Waals surface area contributed by atoms with E-state index in [0.717, 1.165) is 11.3 Å². The number of hydrogen-bond acceptors (Lipinski definition) is 2. The van der Waals surface area contributed by atoms with Crippen molar-refractivity contribution >= 4 is 5.97 Å². The van der Waals surface area contributed by atoms with Crippen LogP contribution < -0.4 is 4.74 Å². The van der Waals surface area contributed by atoms with Crippen LogP contribution in [0, 0.1) is 0 Å². The quantitative estimate of drug-likeness (QED) is 0.832. The van der Waals surface area contributed by atoms with Gasteiger partial charge in [-0.3, -0.25) is 4.79 Å². The number of carbonyl (C=O) groups is 1. The number of hydrogen-bond donors (Lipinski definition) is 1. The summed E-state index contributed by atoms with van der Waals surface area (Å²) in [4.78, 5) is 10.5. The van der Waals surface area contributed by atoms with E-state index in [1.165, 1.54) is 0 Å². The molecule has 3 heteroatoms. The molecule has 88 valence electrons. The highest BCUT2D eigenvalue weighted by atomic mass is 16.5. The molecule has 3 nitrogen and oxygen atoms in total. The normalized spacial score (nSPS) is 12.5. The first kappa shape index (κ1) is 12.6. The van der Waals surface area contributed by atoms with E-state index in [4.69, 9.17) is 9.84 Å². The molecule has 0 fully saturated rings. The minimum atomic E-state index is -0.838. The Hall–Kier alpha value is -1.51. The van der Waals surface area contributed by atoms with Crippen LogP contribution in [0.1, 0.15) is 38.7 Å². The van der Waals surface area contributed by atoms with Crippen molar-refractivity contribution in [3.8, 4) is 5.75 Å². The van der Waals surface area contributed by atoms with Crippen molar-refractivity contribution in [3.63, 3.8) is 0 Å². The molecule has 0 aliphatic heterocycles. The summed E-state index contributed by atoms with van der Waals surface area (Å²) < 4.78 is 5.64. The highest BCUT2D eigenvalue weighted by Crippen LogP contribution is 2.26. The van der Waals surface area contributed by atoms with Crippen molar-refractivity contribution in [2.45, 2.75) is 39.2 Å². The van der Waals surface area contributed by atoms with Crippen LogP contribution in [0.4, 0.5) is 0 Å². The van der Waals surface area contributed by atoms with Crippen LogP contribution in [-0.4, -0.2) is 17.2 Å². The molecule has 0 bridgehead atoms. The van der Waals surface area contributed by atoms with E-state index >= 15 is 0 Å². The third-order valence-electron chi connectivity index (χ3n) is 2.33. The van der Waals surface area contributed by atoms with Gasteiger partial charge in [-0.25, -0.2) is 0 Å². The van der Waals surface area contributed by atoms with Gasteiger partial charge in [0, 0.05) is 0 Å². The third kappa shape index (κ3) is 3.57. The maximum absolute atomic E-state index is 10.5. The lowest BCUT2D eigenvalue weighted by molar-refractivity contribution is -0.138. The molecule has 0 radical (unpaired) electrons. The van der Waals surface area contributed by atoms with Gasteiger partial charge in [0.25, 0.3) is 0 Å². The van der Waals surface area contributed by atoms with Gasteiger partial charge in [-0.05, 0) is 24.5 Å². The van der Waals surface area contributed by atoms with Crippen molar-refractivity contribution in [2.24, 2.45) is 0 Å². The summed E-state index contributed by atoms with van der Waals surface area (Å²) in [5, 5.41) is 8.66. The van der Waals surface area contributed by atoms with Crippen LogP contribution in [0.15, 0.2) is 24.3 Å². The third-order valence-corrected chi connectivity index (χ3v) is 2.33. The Bertz CT molecular complexity index is 358. The van der Waals surface area contributed by atoms with Gasteiger partial charge in [-0.1, -0.05) is 32.0 Å². The molecule has 0 unspecified atom stereocenters. The number of ether oxygens (including phenoxy) is 1. The van der Waals surface area contributed by atoms with Crippen molar-refractivity contribution in [3.05, 3.63) is 29.8 Å². The molecule has 0 aromatic heterocycles. The van der Waals surface area contributed by atoms with Gasteiger partial charge in [0.05, 0.1) is 6.42 Å². The fraction of sp³-hybridized carbons (Fsp3) is 0.462. The molecule has 0 saturated carbocycles. The molecule has 0 amide bonds. The molecule has 1 N–H and O–H groups in total. The molecular formula is C13H18O3. The first-order valence-corrected chi connectivity index (χ1v) is 5.48. The van der Waals surface area contributed by atoms with Gasteiger partial charge in [0.2, 0.25) is 0 Å². The first-order valence-electron chi connectivity index (χ1n) is 5.48. The van der Waals surface area contributed by atoms with E-state index in [-0.39, 0.29) is 12.5 Å². The molecule has 0 aliphatic carbocycles. The highest BCUT2D eigenvalue weighted by Gasteiger charge is 2.12. The molecule has 0 heterocycles. The molecule has 1 rings (SSSR count). The predicted octanol–water partition coefficient (Wildman–Crippen LogP) is 3.05. The standard InChI is InChI=1S/C13H18O3/c1-9(2)11-6-4-5-7-12(11)16-10(3)8-13(14)15/h4-7,9-10H,8H2,1-3H3,(H,14,15)/t10-/m1/s1. The second kappa shape index (κ2) is 5.54. The van der Waals surface area contributed by atoms with Gasteiger partial charge in [0.1, 0.15) is 11.9 Å². The SMILES string of the molecule is CC(C)c1ccccc1O[C@H](C)CC(=O)O. The average molecular weight is 222 g/mol. The average Bonchev–Trinajstić information content (AvgIpc) is 2.16. The van der Waals surface area contributed by atoms with Crippen LogP contribution in [0.3, 0.4) is 0 Å². The Morgan fingerprint density at radius 2 is 1.94 bits per heavy atom. The largest absolute Gasteiger partial charge is 0.490 e. The summed E-state index contributed by atoms with van der Waals surface area (Å²) in [7, 11) is 0. The van der Waals surface area contributed by atoms with E-state index < -0.39 is 5.97 Å². The number of carboxylic acids is 1. The van der Waals surface area contributed by atoms with E-state index in [2.05, 4.69) is 13.8 Å². The van der Waals surface area contributed by atoms with Gasteiger partial charge in [-0.2, -0.15) is 0 Å². The van der Waals surface area contributed by atoms with Gasteiger partial charge in [0.15, 0.2) is 0 Å². The van der Waals surface area contributed by atoms with Gasteiger partial charge >= 0.3 is 5.97 Å². The van der Waals surface area contributed by atoms with Crippen molar-refractivity contribution in [1.82, 2.24) is 0 Å². The summed E-state index contributed by atoms with van der Waals surface area (Å²) in [5.41, 5.74) is 1.11. The summed E-state index contributed by atoms with van der Waals surface area (Å²) in [6.45, 7) is 5.94. The maximum Gasteiger partial charge on any atom is 0.307 e. The van der Waals surface area contributed by atoms with Crippen LogP contribution in [0.25, 0.3) is 0 Å². The van der Waals surface area contributed by atoms with Crippen molar-refractivity contribution in [1.29, 1.82) is 0 Å². The second-order valence-corrected chi connectivity index (χ2v) is 4.22. The zero-order chi connectivity index (χ0) is 12.1. The van der Waals surface area contributed by atoms with E-state index in [1.807, 2.05) is 24.3 Å². The second-order valence-electron chi connectivity index (χ2n) is 4.22. The minimum Gasteiger partial charge on any atom is -0.490 e. The topological polar surface area (TPSA) is 46.5 Å². The lowest BCUT2D eigenvalue weighted by Crippen LogP contribution is -2.17. The first-order chi connectivity index (χ1) is 7.50. The van der Waals surface area contributed by atoms with E-state index in [9.17, 15) is 4.79 Å². The molecule has 1 aromatic rings. The van der Waals surface area contributed by atoms with Crippen LogP contribution >= 0.6 is 0 Å². The summed E-state index contributed by atoms with van der Waals surface area (Å²) in [5.74, 6) is 0.314. The number of rotatable bonds is 5. The molecule has 0 spiro atoms. The Morgan fingerprint density at radius 1 is 1.31 bits per heavy atom. The zero-order valence-electron chi connectivity index (χ0n) is 9.93. The Labute approximate surface area is 96.1 Å². The summed E-state index contributed by atoms with van der Waals surface area (Å²) in [6, 6.07) is 7.75. The summed E-state index contributed by atoms with van der Waals surface area (Å²) in [6.07, 6.45) is -0.288. The molecule has 0 aliphatic rings. The number of aliphatic carboxylic acids is 1. The Balaban J connectivity index is 2.76. The minimum absolute atomic E-state index is 0.0203. The van der Waals surface area contributed by atoms with E-state index in [1.54, 1.807) is 6.92 Å². The zero-order valence-corrected chi connectivity index (χ0v) is 9.93. The number of carboxylic acid groups (broad SMARTS) is 1. The monoisotopic (exact) mass is 222 g/mol. The number of benzene rings is 1. The van der Waals surface area contributed by atoms with Crippen LogP contribution in [-0.2, 0) is 4.79 Å². The van der Waals surface area contributed by atoms with Gasteiger partial charge < -0.3 is 9.84 Å². The number of para-hydroxylation sites is 1. The molecule has 16 heavy (non-hydrogen) atoms. The van der Waals surface area contributed by atoms with Crippen LogP contribution in [0.2, 0.25) is 0 Å². The van der Waals surface area contributed by atoms with Crippen molar-refractivity contribution < 1.29 is 14.6 Å². The molecule has 0 saturated heterocycles. The fourth-order valence-corrected chi connectivity index (χ4v) is 1.57. The smallest absolute Gasteiger partial charge is 0.307 e. The highest BCUT2D eigenvalue weighted by molar-refractivity contribution is 5.67.